The predicted octanol–water partition coefficient (Wildman–Crippen LogP) is 3.05. The van der Waals surface area contributed by atoms with E-state index in [2.05, 4.69) is 4.98 Å². The molecule has 0 unspecified atom stereocenters. The lowest BCUT2D eigenvalue weighted by Gasteiger charge is -2.36. The minimum absolute atomic E-state index is 0.130. The summed E-state index contributed by atoms with van der Waals surface area (Å²) in [6.07, 6.45) is 1.06. The van der Waals surface area contributed by atoms with Crippen LogP contribution in [0.5, 0.6) is 0 Å². The van der Waals surface area contributed by atoms with Gasteiger partial charge in [0.25, 0.3) is 10.7 Å². The number of rotatable bonds is 4. The highest BCUT2D eigenvalue weighted by atomic mass is 32.1. The Labute approximate surface area is 154 Å². The van der Waals surface area contributed by atoms with Crippen molar-refractivity contribution in [1.82, 2.24) is 9.88 Å². The van der Waals surface area contributed by atoms with Crippen molar-refractivity contribution in [2.45, 2.75) is 18.6 Å². The number of aliphatic hydroxyl groups is 1. The number of H-pyrrole nitrogens is 1. The number of morpholine rings is 1. The van der Waals surface area contributed by atoms with Gasteiger partial charge < -0.3 is 28.6 Å². The molecule has 136 valence electrons. The van der Waals surface area contributed by atoms with Crippen LogP contribution in [0.15, 0.2) is 45.4 Å². The second-order valence-corrected chi connectivity index (χ2v) is 6.59. The van der Waals surface area contributed by atoms with E-state index >= 15 is 0 Å². The largest absolute Gasteiger partial charge is 0.467 e. The van der Waals surface area contributed by atoms with Crippen LogP contribution < -0.4 is 0 Å². The van der Waals surface area contributed by atoms with Crippen molar-refractivity contribution in [2.24, 2.45) is 0 Å². The molecule has 0 saturated carbocycles. The van der Waals surface area contributed by atoms with Gasteiger partial charge in [-0.2, -0.15) is 0 Å². The quantitative estimate of drug-likeness (QED) is 0.682. The van der Waals surface area contributed by atoms with Gasteiger partial charge in [0, 0.05) is 18.5 Å². The summed E-state index contributed by atoms with van der Waals surface area (Å²) in [5, 5.41) is 10.4. The molecule has 4 rings (SSSR count). The third-order valence-electron chi connectivity index (χ3n) is 4.52. The minimum Gasteiger partial charge on any atom is -0.467 e. The Bertz CT molecular complexity index is 962. The van der Waals surface area contributed by atoms with Crippen molar-refractivity contribution in [3.8, 4) is 0 Å². The topological polar surface area (TPSA) is 91.8 Å². The van der Waals surface area contributed by atoms with Crippen molar-refractivity contribution in [2.75, 3.05) is 19.8 Å². The molecule has 26 heavy (non-hydrogen) atoms. The number of aromatic nitrogens is 1. The van der Waals surface area contributed by atoms with E-state index in [0.717, 1.165) is 5.52 Å². The first-order valence-corrected chi connectivity index (χ1v) is 8.75. The summed E-state index contributed by atoms with van der Waals surface area (Å²) in [7, 11) is 0. The lowest BCUT2D eigenvalue weighted by atomic mass is 10.0. The number of aliphatic hydroxyl groups excluding tert-OH is 1. The number of oxazole rings is 1. The zero-order valence-electron chi connectivity index (χ0n) is 13.9. The number of nitrogens with zero attached hydrogens (tertiary/aromatic N) is 1. The second kappa shape index (κ2) is 7.06. The highest BCUT2D eigenvalue weighted by molar-refractivity contribution is 7.71. The molecule has 1 aliphatic rings. The average Bonchev–Trinajstić information content (AvgIpc) is 3.29. The summed E-state index contributed by atoms with van der Waals surface area (Å²) in [5.41, 5.74) is 1.80. The van der Waals surface area contributed by atoms with Crippen LogP contribution in [0.2, 0.25) is 0 Å². The highest BCUT2D eigenvalue weighted by Gasteiger charge is 2.31. The molecule has 3 aromatic rings. The second-order valence-electron chi connectivity index (χ2n) is 6.22. The number of carbonyl (C=O) groups is 1. The molecule has 2 atom stereocenters. The fourth-order valence-corrected chi connectivity index (χ4v) is 3.42. The van der Waals surface area contributed by atoms with Gasteiger partial charge in [0.1, 0.15) is 11.9 Å². The Hall–Kier alpha value is -2.42. The monoisotopic (exact) mass is 374 g/mol. The maximum absolute atomic E-state index is 13.0. The maximum atomic E-state index is 13.0. The minimum atomic E-state index is -0.795. The molecule has 2 aromatic heterocycles. The number of carbonyl (C=O) groups excluding carboxylic acids is 1. The first-order valence-electron chi connectivity index (χ1n) is 8.35. The summed E-state index contributed by atoms with van der Waals surface area (Å²) in [6, 6.07) is 8.38. The van der Waals surface area contributed by atoms with Gasteiger partial charge in [-0.05, 0) is 42.5 Å². The number of amides is 1. The summed E-state index contributed by atoms with van der Waals surface area (Å²) in [5.74, 6) is 0.350. The molecule has 1 amide bonds. The van der Waals surface area contributed by atoms with E-state index in [9.17, 15) is 9.90 Å². The number of ether oxygens (including phenoxy) is 1. The number of nitrogens with one attached hydrogen (secondary N) is 1. The smallest absolute Gasteiger partial charge is 0.266 e. The van der Waals surface area contributed by atoms with Crippen LogP contribution in [0.25, 0.3) is 11.1 Å². The van der Waals surface area contributed by atoms with E-state index in [0.29, 0.717) is 43.1 Å². The van der Waals surface area contributed by atoms with Gasteiger partial charge >= 0.3 is 0 Å². The molecule has 2 N–H and O–H groups in total. The molecular weight excluding hydrogens is 356 g/mol. The number of hydrogen-bond donors (Lipinski definition) is 2. The Balaban J connectivity index is 1.56. The molecule has 8 heteroatoms. The molecule has 1 fully saturated rings. The SMILES string of the molecule is O=C(c1ccc2[nH]c(=S)oc2c1)N1CCOC[C@@H]1C[C@@H](O)c1ccco1. The van der Waals surface area contributed by atoms with E-state index in [4.69, 9.17) is 25.8 Å². The Morgan fingerprint density at radius 3 is 3.12 bits per heavy atom. The van der Waals surface area contributed by atoms with Gasteiger partial charge in [-0.3, -0.25) is 4.79 Å². The number of hydrogen-bond acceptors (Lipinski definition) is 6. The van der Waals surface area contributed by atoms with Crippen LogP contribution in [0.4, 0.5) is 0 Å². The third kappa shape index (κ3) is 3.31. The van der Waals surface area contributed by atoms with Gasteiger partial charge in [-0.25, -0.2) is 0 Å². The molecule has 1 saturated heterocycles. The van der Waals surface area contributed by atoms with Gasteiger partial charge in [0.15, 0.2) is 5.58 Å². The molecule has 7 nitrogen and oxygen atoms in total. The first-order chi connectivity index (χ1) is 12.6. The van der Waals surface area contributed by atoms with E-state index in [-0.39, 0.29) is 16.8 Å². The number of furan rings is 1. The van der Waals surface area contributed by atoms with Crippen molar-refractivity contribution >= 4 is 29.2 Å². The summed E-state index contributed by atoms with van der Waals surface area (Å²) >= 11 is 4.98. The molecule has 0 radical (unpaired) electrons. The molecule has 1 aliphatic heterocycles. The molecule has 0 spiro atoms. The van der Waals surface area contributed by atoms with Crippen molar-refractivity contribution in [3.63, 3.8) is 0 Å². The zero-order chi connectivity index (χ0) is 18.1. The van der Waals surface area contributed by atoms with Gasteiger partial charge in [0.2, 0.25) is 0 Å². The number of aromatic amines is 1. The summed E-state index contributed by atoms with van der Waals surface area (Å²) in [6.45, 7) is 1.30. The standard InChI is InChI=1S/C18H18N2O5S/c21-14(15-2-1-6-24-15)9-12-10-23-7-5-20(12)17(22)11-3-4-13-16(8-11)25-18(26)19-13/h1-4,6,8,12,14,21H,5,7,9-10H2,(H,19,26)/t12-,14+/m0/s1. The fourth-order valence-electron chi connectivity index (χ4n) is 3.22. The Morgan fingerprint density at radius 2 is 2.31 bits per heavy atom. The predicted molar refractivity (Wildman–Crippen MR) is 95.3 cm³/mol. The van der Waals surface area contributed by atoms with Crippen molar-refractivity contribution < 1.29 is 23.5 Å². The highest BCUT2D eigenvalue weighted by Crippen LogP contribution is 2.25. The molecule has 0 bridgehead atoms. The van der Waals surface area contributed by atoms with Crippen molar-refractivity contribution in [3.05, 3.63) is 52.8 Å². The number of benzene rings is 1. The van der Waals surface area contributed by atoms with Gasteiger partial charge in [-0.15, -0.1) is 0 Å². The lowest BCUT2D eigenvalue weighted by molar-refractivity contribution is -0.0195. The van der Waals surface area contributed by atoms with E-state index in [1.807, 2.05) is 0 Å². The summed E-state index contributed by atoms with van der Waals surface area (Å²) in [4.78, 5) is 17.9. The van der Waals surface area contributed by atoms with Crippen LogP contribution in [0.3, 0.4) is 0 Å². The van der Waals surface area contributed by atoms with Gasteiger partial charge in [0.05, 0.1) is 31.0 Å². The molecule has 0 aliphatic carbocycles. The van der Waals surface area contributed by atoms with Crippen LogP contribution in [0, 0.1) is 4.84 Å². The normalized spacial score (nSPS) is 19.0. The summed E-state index contributed by atoms with van der Waals surface area (Å²) < 4.78 is 16.2. The Morgan fingerprint density at radius 1 is 1.42 bits per heavy atom. The lowest BCUT2D eigenvalue weighted by Crippen LogP contribution is -2.49. The fraction of sp³-hybridized carbons (Fsp3) is 0.333. The Kier molecular flexibility index (Phi) is 4.62. The molecule has 3 heterocycles. The zero-order valence-corrected chi connectivity index (χ0v) is 14.7. The molecule has 1 aromatic carbocycles. The van der Waals surface area contributed by atoms with Crippen LogP contribution in [-0.2, 0) is 4.74 Å². The van der Waals surface area contributed by atoms with Gasteiger partial charge in [-0.1, -0.05) is 0 Å². The van der Waals surface area contributed by atoms with E-state index in [1.54, 1.807) is 35.2 Å². The number of fused-ring (bicyclic) bond motifs is 1. The van der Waals surface area contributed by atoms with Crippen molar-refractivity contribution in [1.29, 1.82) is 0 Å². The average molecular weight is 374 g/mol. The first kappa shape index (κ1) is 17.0. The van der Waals surface area contributed by atoms with E-state index < -0.39 is 6.10 Å². The molecular formula is C18H18N2O5S. The van der Waals surface area contributed by atoms with Crippen LogP contribution in [-0.4, -0.2) is 46.7 Å². The maximum Gasteiger partial charge on any atom is 0.266 e. The third-order valence-corrected chi connectivity index (χ3v) is 4.71. The van der Waals surface area contributed by atoms with Crippen LogP contribution in [0.1, 0.15) is 28.6 Å². The van der Waals surface area contributed by atoms with Crippen LogP contribution >= 0.6 is 12.2 Å². The van der Waals surface area contributed by atoms with E-state index in [1.165, 1.54) is 6.26 Å².